The Hall–Kier alpha value is -1.39. The van der Waals surface area contributed by atoms with Crippen molar-refractivity contribution in [2.45, 2.75) is 39.3 Å². The summed E-state index contributed by atoms with van der Waals surface area (Å²) in [5, 5.41) is 9.76. The van der Waals surface area contributed by atoms with Gasteiger partial charge in [-0.15, -0.1) is 0 Å². The van der Waals surface area contributed by atoms with E-state index >= 15 is 0 Å². The molecule has 1 fully saturated rings. The van der Waals surface area contributed by atoms with Gasteiger partial charge in [-0.1, -0.05) is 44.2 Å². The lowest BCUT2D eigenvalue weighted by Crippen LogP contribution is -2.47. The van der Waals surface area contributed by atoms with Crippen LogP contribution in [0.3, 0.4) is 0 Å². The molecule has 1 amide bonds. The molecule has 0 aromatic heterocycles. The van der Waals surface area contributed by atoms with Gasteiger partial charge in [0.05, 0.1) is 13.2 Å². The molecule has 1 aliphatic heterocycles. The molecule has 2 rings (SSSR count). The summed E-state index contributed by atoms with van der Waals surface area (Å²) in [6, 6.07) is 10.2. The van der Waals surface area contributed by atoms with E-state index in [1.807, 2.05) is 23.1 Å². The molecule has 4 heteroatoms. The molecule has 22 heavy (non-hydrogen) atoms. The molecule has 0 saturated carbocycles. The molecular weight excluding hydrogens is 276 g/mol. The third-order valence-corrected chi connectivity index (χ3v) is 4.45. The number of carbonyl (C=O) groups is 1. The van der Waals surface area contributed by atoms with E-state index in [0.29, 0.717) is 19.0 Å². The smallest absolute Gasteiger partial charge is 0.236 e. The van der Waals surface area contributed by atoms with Crippen LogP contribution in [0.15, 0.2) is 30.3 Å². The van der Waals surface area contributed by atoms with Gasteiger partial charge in [-0.25, -0.2) is 0 Å². The standard InChI is InChI=1S/C18H28N2O2/c1-15(2)17(14-21)20(12-16-8-4-3-5-9-16)13-18(22)19-10-6-7-11-19/h3-5,8-9,15,17,21H,6-7,10-14H2,1-2H3. The minimum atomic E-state index is 0.00626. The Kier molecular flexibility index (Phi) is 6.40. The summed E-state index contributed by atoms with van der Waals surface area (Å²) in [6.45, 7) is 7.12. The molecule has 122 valence electrons. The second kappa shape index (κ2) is 8.30. The summed E-state index contributed by atoms with van der Waals surface area (Å²) in [5.41, 5.74) is 1.18. The van der Waals surface area contributed by atoms with Crippen LogP contribution < -0.4 is 0 Å². The van der Waals surface area contributed by atoms with Crippen LogP contribution >= 0.6 is 0 Å². The number of carbonyl (C=O) groups excluding carboxylic acids is 1. The average Bonchev–Trinajstić information content (AvgIpc) is 3.03. The first-order chi connectivity index (χ1) is 10.6. The molecule has 0 radical (unpaired) electrons. The highest BCUT2D eigenvalue weighted by atomic mass is 16.3. The normalized spacial score (nSPS) is 16.5. The molecule has 0 bridgehead atoms. The number of amides is 1. The number of benzene rings is 1. The summed E-state index contributed by atoms with van der Waals surface area (Å²) < 4.78 is 0. The van der Waals surface area contributed by atoms with E-state index in [4.69, 9.17) is 0 Å². The van der Waals surface area contributed by atoms with Gasteiger partial charge in [-0.2, -0.15) is 0 Å². The minimum Gasteiger partial charge on any atom is -0.395 e. The van der Waals surface area contributed by atoms with Crippen molar-refractivity contribution in [3.05, 3.63) is 35.9 Å². The van der Waals surface area contributed by atoms with Crippen molar-refractivity contribution in [3.63, 3.8) is 0 Å². The van der Waals surface area contributed by atoms with Gasteiger partial charge < -0.3 is 10.0 Å². The maximum absolute atomic E-state index is 12.5. The highest BCUT2D eigenvalue weighted by Gasteiger charge is 2.26. The van der Waals surface area contributed by atoms with Gasteiger partial charge >= 0.3 is 0 Å². The Morgan fingerprint density at radius 1 is 1.23 bits per heavy atom. The molecule has 0 aliphatic carbocycles. The number of aliphatic hydroxyl groups is 1. The minimum absolute atomic E-state index is 0.00626. The second-order valence-electron chi connectivity index (χ2n) is 6.47. The molecule has 1 aromatic carbocycles. The number of hydrogen-bond donors (Lipinski definition) is 1. The van der Waals surface area contributed by atoms with Gasteiger partial charge in [0.1, 0.15) is 0 Å². The number of nitrogens with zero attached hydrogens (tertiary/aromatic N) is 2. The Morgan fingerprint density at radius 3 is 2.41 bits per heavy atom. The van der Waals surface area contributed by atoms with Crippen molar-refractivity contribution in [2.75, 3.05) is 26.2 Å². The number of aliphatic hydroxyl groups excluding tert-OH is 1. The fraction of sp³-hybridized carbons (Fsp3) is 0.611. The molecule has 1 N–H and O–H groups in total. The van der Waals surface area contributed by atoms with E-state index in [1.165, 1.54) is 5.56 Å². The van der Waals surface area contributed by atoms with Crippen LogP contribution in [0.5, 0.6) is 0 Å². The van der Waals surface area contributed by atoms with Crippen molar-refractivity contribution >= 4 is 5.91 Å². The summed E-state index contributed by atoms with van der Waals surface area (Å²) in [4.78, 5) is 16.6. The van der Waals surface area contributed by atoms with Gasteiger partial charge in [-0.3, -0.25) is 9.69 Å². The van der Waals surface area contributed by atoms with Crippen LogP contribution in [0.1, 0.15) is 32.3 Å². The van der Waals surface area contributed by atoms with Crippen LogP contribution in [0.4, 0.5) is 0 Å². The Morgan fingerprint density at radius 2 is 1.86 bits per heavy atom. The van der Waals surface area contributed by atoms with E-state index in [-0.39, 0.29) is 18.6 Å². The monoisotopic (exact) mass is 304 g/mol. The van der Waals surface area contributed by atoms with Gasteiger partial charge in [0.2, 0.25) is 5.91 Å². The van der Waals surface area contributed by atoms with Crippen molar-refractivity contribution in [2.24, 2.45) is 5.92 Å². The van der Waals surface area contributed by atoms with Crippen LogP contribution in [0.2, 0.25) is 0 Å². The van der Waals surface area contributed by atoms with Crippen molar-refractivity contribution in [1.29, 1.82) is 0 Å². The first-order valence-electron chi connectivity index (χ1n) is 8.28. The van der Waals surface area contributed by atoms with Crippen LogP contribution in [0.25, 0.3) is 0 Å². The Bertz CT molecular complexity index is 455. The predicted molar refractivity (Wildman–Crippen MR) is 88.4 cm³/mol. The van der Waals surface area contributed by atoms with E-state index in [9.17, 15) is 9.90 Å². The molecular formula is C18H28N2O2. The Labute approximate surface area is 133 Å². The first-order valence-corrected chi connectivity index (χ1v) is 8.28. The maximum atomic E-state index is 12.5. The molecule has 1 aliphatic rings. The third kappa shape index (κ3) is 4.55. The van der Waals surface area contributed by atoms with Crippen LogP contribution in [0, 0.1) is 5.92 Å². The maximum Gasteiger partial charge on any atom is 0.236 e. The van der Waals surface area contributed by atoms with E-state index in [2.05, 4.69) is 30.9 Å². The third-order valence-electron chi connectivity index (χ3n) is 4.45. The van der Waals surface area contributed by atoms with Gasteiger partial charge in [0, 0.05) is 25.7 Å². The average molecular weight is 304 g/mol. The summed E-state index contributed by atoms with van der Waals surface area (Å²) in [6.07, 6.45) is 2.22. The zero-order chi connectivity index (χ0) is 15.9. The van der Waals surface area contributed by atoms with Crippen LogP contribution in [-0.4, -0.2) is 53.1 Å². The second-order valence-corrected chi connectivity index (χ2v) is 6.47. The van der Waals surface area contributed by atoms with Gasteiger partial charge in [0.15, 0.2) is 0 Å². The quantitative estimate of drug-likeness (QED) is 0.839. The van der Waals surface area contributed by atoms with E-state index in [1.54, 1.807) is 0 Å². The largest absolute Gasteiger partial charge is 0.395 e. The lowest BCUT2D eigenvalue weighted by atomic mass is 10.0. The van der Waals surface area contributed by atoms with Gasteiger partial charge in [0.25, 0.3) is 0 Å². The molecule has 0 spiro atoms. The summed E-state index contributed by atoms with van der Waals surface area (Å²) >= 11 is 0. The molecule has 1 atom stereocenters. The lowest BCUT2D eigenvalue weighted by Gasteiger charge is -2.33. The van der Waals surface area contributed by atoms with Crippen LogP contribution in [-0.2, 0) is 11.3 Å². The SMILES string of the molecule is CC(C)C(CO)N(CC(=O)N1CCCC1)Cc1ccccc1. The van der Waals surface area contributed by atoms with Gasteiger partial charge in [-0.05, 0) is 24.3 Å². The fourth-order valence-electron chi connectivity index (χ4n) is 3.10. The summed E-state index contributed by atoms with van der Waals surface area (Å²) in [7, 11) is 0. The molecule has 1 aromatic rings. The first kappa shape index (κ1) is 17.0. The highest BCUT2D eigenvalue weighted by molar-refractivity contribution is 5.78. The zero-order valence-electron chi connectivity index (χ0n) is 13.7. The molecule has 4 nitrogen and oxygen atoms in total. The molecule has 1 unspecified atom stereocenters. The van der Waals surface area contributed by atoms with Crippen molar-refractivity contribution in [1.82, 2.24) is 9.80 Å². The van der Waals surface area contributed by atoms with E-state index in [0.717, 1.165) is 25.9 Å². The van der Waals surface area contributed by atoms with Crippen molar-refractivity contribution in [3.8, 4) is 0 Å². The lowest BCUT2D eigenvalue weighted by molar-refractivity contribution is -0.132. The highest BCUT2D eigenvalue weighted by Crippen LogP contribution is 2.16. The Balaban J connectivity index is 2.08. The predicted octanol–water partition coefficient (Wildman–Crippen LogP) is 2.13. The molecule has 1 heterocycles. The van der Waals surface area contributed by atoms with E-state index < -0.39 is 0 Å². The summed E-state index contributed by atoms with van der Waals surface area (Å²) in [5.74, 6) is 0.493. The number of likely N-dealkylation sites (tertiary alicyclic amines) is 1. The number of rotatable bonds is 7. The fourth-order valence-corrected chi connectivity index (χ4v) is 3.10. The zero-order valence-corrected chi connectivity index (χ0v) is 13.7. The van der Waals surface area contributed by atoms with Crippen molar-refractivity contribution < 1.29 is 9.90 Å². The molecule has 1 saturated heterocycles. The topological polar surface area (TPSA) is 43.8 Å². The number of hydrogen-bond acceptors (Lipinski definition) is 3.